The van der Waals surface area contributed by atoms with Crippen LogP contribution in [0.4, 0.5) is 0 Å². The van der Waals surface area contributed by atoms with Crippen LogP contribution in [0.2, 0.25) is 0 Å². The third-order valence-electron chi connectivity index (χ3n) is 1.80. The Morgan fingerprint density at radius 3 is 2.87 bits per heavy atom. The van der Waals surface area contributed by atoms with Gasteiger partial charge >= 0.3 is 0 Å². The van der Waals surface area contributed by atoms with E-state index in [9.17, 15) is 9.90 Å². The molecule has 0 saturated carbocycles. The number of nitrogens with one attached hydrogen (secondary N) is 1. The molecule has 0 unspecified atom stereocenters. The topological polar surface area (TPSA) is 49.3 Å². The second kappa shape index (κ2) is 6.12. The summed E-state index contributed by atoms with van der Waals surface area (Å²) in [4.78, 5) is 11.6. The number of alkyl halides is 1. The second-order valence-corrected chi connectivity index (χ2v) is 4.67. The highest BCUT2D eigenvalue weighted by atomic mass is 79.9. The summed E-state index contributed by atoms with van der Waals surface area (Å²) in [5, 5.41) is 13.0. The average Bonchev–Trinajstić information content (AvgIpc) is 2.22. The highest BCUT2D eigenvalue weighted by Gasteiger charge is 2.10. The lowest BCUT2D eigenvalue weighted by molar-refractivity contribution is 0.0951. The van der Waals surface area contributed by atoms with Crippen LogP contribution in [0.15, 0.2) is 22.7 Å². The number of benzene rings is 1. The summed E-state index contributed by atoms with van der Waals surface area (Å²) >= 11 is 6.52. The molecule has 82 valence electrons. The first-order valence-corrected chi connectivity index (χ1v) is 6.39. The maximum atomic E-state index is 11.6. The SMILES string of the molecule is O=C(NCCCBr)c1cc(Br)ccc1O. The predicted octanol–water partition coefficient (Wildman–Crippen LogP) is 2.67. The Labute approximate surface area is 105 Å². The second-order valence-electron chi connectivity index (χ2n) is 2.96. The molecule has 0 radical (unpaired) electrons. The average molecular weight is 337 g/mol. The first kappa shape index (κ1) is 12.5. The number of rotatable bonds is 4. The number of hydrogen-bond donors (Lipinski definition) is 2. The van der Waals surface area contributed by atoms with Crippen molar-refractivity contribution in [3.8, 4) is 5.75 Å². The summed E-state index contributed by atoms with van der Waals surface area (Å²) < 4.78 is 0.769. The molecule has 0 heterocycles. The molecule has 0 aliphatic rings. The molecule has 2 N–H and O–H groups in total. The molecular formula is C10H11Br2NO2. The van der Waals surface area contributed by atoms with Crippen LogP contribution in [-0.4, -0.2) is 22.9 Å². The van der Waals surface area contributed by atoms with Gasteiger partial charge in [0.1, 0.15) is 5.75 Å². The van der Waals surface area contributed by atoms with Crippen LogP contribution >= 0.6 is 31.9 Å². The van der Waals surface area contributed by atoms with E-state index in [0.717, 1.165) is 16.2 Å². The maximum Gasteiger partial charge on any atom is 0.255 e. The van der Waals surface area contributed by atoms with Crippen molar-refractivity contribution in [3.63, 3.8) is 0 Å². The fraction of sp³-hybridized carbons (Fsp3) is 0.300. The van der Waals surface area contributed by atoms with Gasteiger partial charge in [-0.05, 0) is 24.6 Å². The number of carbonyl (C=O) groups is 1. The molecule has 0 bridgehead atoms. The number of amides is 1. The summed E-state index contributed by atoms with van der Waals surface area (Å²) in [6, 6.07) is 4.77. The Bertz CT molecular complexity index is 355. The smallest absolute Gasteiger partial charge is 0.255 e. The van der Waals surface area contributed by atoms with Crippen molar-refractivity contribution in [1.82, 2.24) is 5.32 Å². The molecule has 1 aromatic rings. The van der Waals surface area contributed by atoms with Crippen molar-refractivity contribution in [3.05, 3.63) is 28.2 Å². The highest BCUT2D eigenvalue weighted by molar-refractivity contribution is 9.10. The molecule has 0 aliphatic carbocycles. The van der Waals surface area contributed by atoms with Gasteiger partial charge in [0.25, 0.3) is 5.91 Å². The van der Waals surface area contributed by atoms with Gasteiger partial charge < -0.3 is 10.4 Å². The molecule has 0 fully saturated rings. The molecule has 5 heteroatoms. The lowest BCUT2D eigenvalue weighted by Gasteiger charge is -2.06. The molecule has 0 saturated heterocycles. The first-order valence-electron chi connectivity index (χ1n) is 4.48. The molecule has 1 rings (SSSR count). The molecule has 0 aromatic heterocycles. The molecular weight excluding hydrogens is 326 g/mol. The Hall–Kier alpha value is -0.550. The van der Waals surface area contributed by atoms with E-state index < -0.39 is 0 Å². The standard InChI is InChI=1S/C10H11Br2NO2/c11-4-1-5-13-10(15)8-6-7(12)2-3-9(8)14/h2-3,6,14H,1,4-5H2,(H,13,15). The van der Waals surface area contributed by atoms with Crippen molar-refractivity contribution in [2.24, 2.45) is 0 Å². The maximum absolute atomic E-state index is 11.6. The summed E-state index contributed by atoms with van der Waals surface area (Å²) in [6.45, 7) is 0.593. The van der Waals surface area contributed by atoms with Crippen LogP contribution in [-0.2, 0) is 0 Å². The largest absolute Gasteiger partial charge is 0.507 e. The monoisotopic (exact) mass is 335 g/mol. The molecule has 3 nitrogen and oxygen atoms in total. The van der Waals surface area contributed by atoms with Gasteiger partial charge in [0.15, 0.2) is 0 Å². The number of halogens is 2. The van der Waals surface area contributed by atoms with E-state index in [0.29, 0.717) is 12.1 Å². The van der Waals surface area contributed by atoms with Gasteiger partial charge in [0, 0.05) is 16.3 Å². The molecule has 0 spiro atoms. The van der Waals surface area contributed by atoms with Gasteiger partial charge in [0.2, 0.25) is 0 Å². The van der Waals surface area contributed by atoms with Crippen LogP contribution in [0, 0.1) is 0 Å². The van der Waals surface area contributed by atoms with Gasteiger partial charge in [-0.25, -0.2) is 0 Å². The number of aromatic hydroxyl groups is 1. The normalized spacial score (nSPS) is 10.0. The van der Waals surface area contributed by atoms with Gasteiger partial charge in [-0.3, -0.25) is 4.79 Å². The van der Waals surface area contributed by atoms with Crippen LogP contribution in [0.1, 0.15) is 16.8 Å². The van der Waals surface area contributed by atoms with Crippen molar-refractivity contribution in [2.75, 3.05) is 11.9 Å². The number of phenolic OH excluding ortho intramolecular Hbond substituents is 1. The zero-order valence-electron chi connectivity index (χ0n) is 7.96. The van der Waals surface area contributed by atoms with Crippen molar-refractivity contribution < 1.29 is 9.90 Å². The van der Waals surface area contributed by atoms with Gasteiger partial charge in [-0.15, -0.1) is 0 Å². The summed E-state index contributed by atoms with van der Waals surface area (Å²) in [6.07, 6.45) is 0.862. The Balaban J connectivity index is 2.68. The highest BCUT2D eigenvalue weighted by Crippen LogP contribution is 2.21. The molecule has 1 amide bonds. The Kier molecular flexibility index (Phi) is 5.11. The van der Waals surface area contributed by atoms with Gasteiger partial charge in [-0.1, -0.05) is 31.9 Å². The molecule has 1 aromatic carbocycles. The van der Waals surface area contributed by atoms with Gasteiger partial charge in [0.05, 0.1) is 5.56 Å². The van der Waals surface area contributed by atoms with E-state index >= 15 is 0 Å². The molecule has 15 heavy (non-hydrogen) atoms. The van der Waals surface area contributed by atoms with Crippen molar-refractivity contribution in [2.45, 2.75) is 6.42 Å². The fourth-order valence-corrected chi connectivity index (χ4v) is 1.70. The van der Waals surface area contributed by atoms with E-state index in [1.807, 2.05) is 0 Å². The minimum atomic E-state index is -0.255. The van der Waals surface area contributed by atoms with Crippen LogP contribution in [0.25, 0.3) is 0 Å². The lowest BCUT2D eigenvalue weighted by Crippen LogP contribution is -2.24. The van der Waals surface area contributed by atoms with Gasteiger partial charge in [-0.2, -0.15) is 0 Å². The van der Waals surface area contributed by atoms with Crippen molar-refractivity contribution in [1.29, 1.82) is 0 Å². The predicted molar refractivity (Wildman–Crippen MR) is 66.6 cm³/mol. The van der Waals surface area contributed by atoms with E-state index in [4.69, 9.17) is 0 Å². The third kappa shape index (κ3) is 3.83. The van der Waals surface area contributed by atoms with E-state index in [1.165, 1.54) is 6.07 Å². The van der Waals surface area contributed by atoms with E-state index in [-0.39, 0.29) is 11.7 Å². The number of hydrogen-bond acceptors (Lipinski definition) is 2. The van der Waals surface area contributed by atoms with E-state index in [2.05, 4.69) is 37.2 Å². The quantitative estimate of drug-likeness (QED) is 0.656. The van der Waals surface area contributed by atoms with Crippen LogP contribution in [0.3, 0.4) is 0 Å². The zero-order chi connectivity index (χ0) is 11.3. The van der Waals surface area contributed by atoms with Crippen LogP contribution < -0.4 is 5.32 Å². The Morgan fingerprint density at radius 1 is 1.47 bits per heavy atom. The van der Waals surface area contributed by atoms with Crippen molar-refractivity contribution >= 4 is 37.8 Å². The third-order valence-corrected chi connectivity index (χ3v) is 2.85. The summed E-state index contributed by atoms with van der Waals surface area (Å²) in [5.41, 5.74) is 0.291. The van der Waals surface area contributed by atoms with E-state index in [1.54, 1.807) is 12.1 Å². The summed E-state index contributed by atoms with van der Waals surface area (Å²) in [7, 11) is 0. The first-order chi connectivity index (χ1) is 7.15. The summed E-state index contributed by atoms with van der Waals surface area (Å²) in [5.74, 6) is -0.260. The molecule has 0 atom stereocenters. The number of phenols is 1. The molecule has 0 aliphatic heterocycles. The number of carbonyl (C=O) groups excluding carboxylic acids is 1. The zero-order valence-corrected chi connectivity index (χ0v) is 11.1. The van der Waals surface area contributed by atoms with Crippen LogP contribution in [0.5, 0.6) is 5.75 Å². The minimum absolute atomic E-state index is 0.00505. The minimum Gasteiger partial charge on any atom is -0.507 e. The Morgan fingerprint density at radius 2 is 2.20 bits per heavy atom. The lowest BCUT2D eigenvalue weighted by atomic mass is 10.2. The fourth-order valence-electron chi connectivity index (χ4n) is 1.05.